The Morgan fingerprint density at radius 2 is 2.20 bits per heavy atom. The number of carbonyl (C=O) groups is 2. The van der Waals surface area contributed by atoms with E-state index in [1.54, 1.807) is 13.2 Å². The van der Waals surface area contributed by atoms with Crippen molar-refractivity contribution in [1.82, 2.24) is 5.32 Å². The predicted octanol–water partition coefficient (Wildman–Crippen LogP) is 1.54. The summed E-state index contributed by atoms with van der Waals surface area (Å²) in [5.74, 6) is -1.08. The van der Waals surface area contributed by atoms with Gasteiger partial charge >= 0.3 is 5.97 Å². The Labute approximate surface area is 121 Å². The summed E-state index contributed by atoms with van der Waals surface area (Å²) in [6, 6.07) is 1.69. The molecule has 1 rings (SSSR count). The molecule has 0 saturated heterocycles. The molecule has 1 heterocycles. The maximum atomic E-state index is 11.5. The molecule has 20 heavy (non-hydrogen) atoms. The maximum absolute atomic E-state index is 11.5. The number of ether oxygens (including phenoxy) is 2. The summed E-state index contributed by atoms with van der Waals surface area (Å²) in [6.07, 6.45) is 1.73. The molecule has 0 atom stereocenters. The van der Waals surface area contributed by atoms with Crippen LogP contribution in [0, 0.1) is 0 Å². The lowest BCUT2D eigenvalue weighted by atomic mass is 10.3. The molecule has 1 aromatic rings. The van der Waals surface area contributed by atoms with E-state index < -0.39 is 5.97 Å². The van der Waals surface area contributed by atoms with Crippen LogP contribution in [0.25, 0.3) is 0 Å². The first kappa shape index (κ1) is 16.5. The van der Waals surface area contributed by atoms with Crippen molar-refractivity contribution in [2.75, 3.05) is 26.9 Å². The number of carbonyl (C=O) groups excluding carboxylic acids is 1. The minimum atomic E-state index is -1.04. The molecule has 7 heteroatoms. The lowest BCUT2D eigenvalue weighted by molar-refractivity contribution is -0.123. The van der Waals surface area contributed by atoms with Crippen molar-refractivity contribution in [3.05, 3.63) is 15.8 Å². The number of nitrogens with one attached hydrogen (secondary N) is 1. The van der Waals surface area contributed by atoms with Crippen molar-refractivity contribution >= 4 is 23.2 Å². The van der Waals surface area contributed by atoms with Crippen LogP contribution in [0.15, 0.2) is 6.07 Å². The lowest BCUT2D eigenvalue weighted by Crippen LogP contribution is -2.31. The fourth-order valence-electron chi connectivity index (χ4n) is 1.54. The molecule has 1 amide bonds. The molecule has 0 radical (unpaired) electrons. The van der Waals surface area contributed by atoms with E-state index in [9.17, 15) is 9.59 Å². The maximum Gasteiger partial charge on any atom is 0.349 e. The molecule has 0 bridgehead atoms. The van der Waals surface area contributed by atoms with Crippen molar-refractivity contribution in [3.8, 4) is 5.75 Å². The van der Waals surface area contributed by atoms with Crippen LogP contribution < -0.4 is 10.1 Å². The second-order valence-electron chi connectivity index (χ2n) is 4.09. The number of carboxylic acids is 1. The van der Waals surface area contributed by atoms with Crippen LogP contribution in [0.2, 0.25) is 0 Å². The summed E-state index contributed by atoms with van der Waals surface area (Å²) in [5, 5.41) is 11.7. The number of methoxy groups -OCH3 is 1. The van der Waals surface area contributed by atoms with E-state index in [1.165, 1.54) is 11.3 Å². The number of amides is 1. The average Bonchev–Trinajstić information content (AvgIpc) is 2.80. The molecule has 0 aromatic carbocycles. The highest BCUT2D eigenvalue weighted by molar-refractivity contribution is 7.14. The van der Waals surface area contributed by atoms with Crippen molar-refractivity contribution in [3.63, 3.8) is 0 Å². The van der Waals surface area contributed by atoms with Gasteiger partial charge in [0.15, 0.2) is 11.5 Å². The van der Waals surface area contributed by atoms with Crippen LogP contribution in [-0.4, -0.2) is 43.9 Å². The van der Waals surface area contributed by atoms with Crippen molar-refractivity contribution in [2.24, 2.45) is 0 Å². The fourth-order valence-corrected chi connectivity index (χ4v) is 2.58. The number of rotatable bonds is 9. The van der Waals surface area contributed by atoms with Crippen LogP contribution in [0.3, 0.4) is 0 Å². The molecule has 0 unspecified atom stereocenters. The molecule has 112 valence electrons. The van der Waals surface area contributed by atoms with Gasteiger partial charge in [0, 0.05) is 18.5 Å². The van der Waals surface area contributed by atoms with Gasteiger partial charge < -0.3 is 19.9 Å². The third kappa shape index (κ3) is 5.18. The van der Waals surface area contributed by atoms with Gasteiger partial charge in [-0.25, -0.2) is 4.79 Å². The first-order valence-corrected chi connectivity index (χ1v) is 7.14. The van der Waals surface area contributed by atoms with Crippen LogP contribution >= 0.6 is 11.3 Å². The van der Waals surface area contributed by atoms with Crippen LogP contribution in [0.4, 0.5) is 0 Å². The predicted molar refractivity (Wildman–Crippen MR) is 75.7 cm³/mol. The van der Waals surface area contributed by atoms with Gasteiger partial charge in [-0.05, 0) is 12.5 Å². The summed E-state index contributed by atoms with van der Waals surface area (Å²) in [6.45, 7) is 2.64. The summed E-state index contributed by atoms with van der Waals surface area (Å²) in [5.41, 5.74) is 0. The number of hydrogen-bond acceptors (Lipinski definition) is 5. The van der Waals surface area contributed by atoms with Gasteiger partial charge in [0.25, 0.3) is 5.91 Å². The molecule has 2 N–H and O–H groups in total. The monoisotopic (exact) mass is 301 g/mol. The second kappa shape index (κ2) is 8.55. The van der Waals surface area contributed by atoms with Crippen LogP contribution in [0.1, 0.15) is 27.9 Å². The topological polar surface area (TPSA) is 84.9 Å². The van der Waals surface area contributed by atoms with E-state index in [0.717, 1.165) is 17.7 Å². The average molecular weight is 301 g/mol. The third-order valence-electron chi connectivity index (χ3n) is 2.43. The molecule has 0 fully saturated rings. The van der Waals surface area contributed by atoms with Gasteiger partial charge in [-0.1, -0.05) is 13.3 Å². The smallest absolute Gasteiger partial charge is 0.349 e. The van der Waals surface area contributed by atoms with Crippen molar-refractivity contribution in [1.29, 1.82) is 0 Å². The standard InChI is InChI=1S/C13H19NO5S/c1-3-4-9-7-10(12(20-9)13(16)17)19-8-11(15)14-5-6-18-2/h7H,3-6,8H2,1-2H3,(H,14,15)(H,16,17). The Balaban J connectivity index is 2.57. The lowest BCUT2D eigenvalue weighted by Gasteiger charge is -2.06. The molecule has 0 aliphatic rings. The molecule has 6 nitrogen and oxygen atoms in total. The molecule has 1 aromatic heterocycles. The van der Waals surface area contributed by atoms with Crippen LogP contribution in [0.5, 0.6) is 5.75 Å². The first-order valence-electron chi connectivity index (χ1n) is 6.32. The Kier molecular flexibility index (Phi) is 7.03. The highest BCUT2D eigenvalue weighted by Crippen LogP contribution is 2.30. The first-order chi connectivity index (χ1) is 9.58. The zero-order valence-corrected chi connectivity index (χ0v) is 12.4. The molecule has 0 saturated carbocycles. The van der Waals surface area contributed by atoms with Gasteiger partial charge in [-0.15, -0.1) is 11.3 Å². The van der Waals surface area contributed by atoms with E-state index in [0.29, 0.717) is 13.2 Å². The second-order valence-corrected chi connectivity index (χ2v) is 5.23. The Morgan fingerprint density at radius 3 is 2.80 bits per heavy atom. The van der Waals surface area contributed by atoms with E-state index in [1.807, 2.05) is 6.92 Å². The Bertz CT molecular complexity index is 458. The molecular formula is C13H19NO5S. The molecular weight excluding hydrogens is 282 g/mol. The zero-order valence-electron chi connectivity index (χ0n) is 11.6. The van der Waals surface area contributed by atoms with Gasteiger partial charge in [-0.2, -0.15) is 0 Å². The summed E-state index contributed by atoms with van der Waals surface area (Å²) >= 11 is 1.19. The minimum absolute atomic E-state index is 0.137. The normalized spacial score (nSPS) is 10.3. The summed E-state index contributed by atoms with van der Waals surface area (Å²) < 4.78 is 10.1. The van der Waals surface area contributed by atoms with E-state index in [-0.39, 0.29) is 23.1 Å². The Hall–Kier alpha value is -1.60. The van der Waals surface area contributed by atoms with Gasteiger partial charge in [0.2, 0.25) is 0 Å². The summed E-state index contributed by atoms with van der Waals surface area (Å²) in [7, 11) is 1.54. The minimum Gasteiger partial charge on any atom is -0.482 e. The highest BCUT2D eigenvalue weighted by atomic mass is 32.1. The zero-order chi connectivity index (χ0) is 15.0. The molecule has 0 aliphatic heterocycles. The van der Waals surface area contributed by atoms with Crippen LogP contribution in [-0.2, 0) is 16.0 Å². The number of carboxylic acid groups (broad SMARTS) is 1. The number of thiophene rings is 1. The quantitative estimate of drug-likeness (QED) is 0.676. The fraction of sp³-hybridized carbons (Fsp3) is 0.538. The van der Waals surface area contributed by atoms with Crippen molar-refractivity contribution < 1.29 is 24.2 Å². The number of hydrogen-bond donors (Lipinski definition) is 2. The van der Waals surface area contributed by atoms with E-state index in [4.69, 9.17) is 14.6 Å². The Morgan fingerprint density at radius 1 is 1.45 bits per heavy atom. The van der Waals surface area contributed by atoms with Crippen molar-refractivity contribution in [2.45, 2.75) is 19.8 Å². The number of aromatic carboxylic acids is 1. The number of aryl methyl sites for hydroxylation is 1. The molecule has 0 spiro atoms. The SMILES string of the molecule is CCCc1cc(OCC(=O)NCCOC)c(C(=O)O)s1. The van der Waals surface area contributed by atoms with Gasteiger partial charge in [-0.3, -0.25) is 4.79 Å². The largest absolute Gasteiger partial charge is 0.482 e. The van der Waals surface area contributed by atoms with E-state index >= 15 is 0 Å². The summed E-state index contributed by atoms with van der Waals surface area (Å²) in [4.78, 5) is 23.7. The van der Waals surface area contributed by atoms with E-state index in [2.05, 4.69) is 5.32 Å². The highest BCUT2D eigenvalue weighted by Gasteiger charge is 2.17. The van der Waals surface area contributed by atoms with Gasteiger partial charge in [0.1, 0.15) is 5.75 Å². The van der Waals surface area contributed by atoms with Gasteiger partial charge in [0.05, 0.1) is 6.61 Å². The molecule has 0 aliphatic carbocycles. The third-order valence-corrected chi connectivity index (χ3v) is 3.59.